The number of halogens is 1. The van der Waals surface area contributed by atoms with Crippen molar-refractivity contribution < 1.29 is 9.18 Å². The molecule has 4 aromatic rings. The standard InChI is InChI=1S/C24H27FN8O/c1-32-7-3-16(4-8-32)30-22(34)19-13-29-33-9-2-15(10-20(19)33)17-11-26-21-18(17)12-27-23(31-21)28-14-24(25)5-6-24/h2,9-13,16H,3-8,14H2,1H3,(H,30,34)(H2,26,27,28,31). The zero-order valence-electron chi connectivity index (χ0n) is 19.0. The van der Waals surface area contributed by atoms with Crippen LogP contribution in [0.1, 0.15) is 36.0 Å². The smallest absolute Gasteiger partial charge is 0.255 e. The van der Waals surface area contributed by atoms with E-state index in [9.17, 15) is 9.18 Å². The van der Waals surface area contributed by atoms with Gasteiger partial charge >= 0.3 is 0 Å². The van der Waals surface area contributed by atoms with E-state index in [0.717, 1.165) is 48.0 Å². The Labute approximate surface area is 195 Å². The Morgan fingerprint density at radius 1 is 1.29 bits per heavy atom. The van der Waals surface area contributed by atoms with E-state index in [-0.39, 0.29) is 18.5 Å². The second-order valence-corrected chi connectivity index (χ2v) is 9.52. The Kier molecular flexibility index (Phi) is 4.98. The Morgan fingerprint density at radius 3 is 2.91 bits per heavy atom. The average Bonchev–Trinajstić information content (AvgIpc) is 3.24. The van der Waals surface area contributed by atoms with Gasteiger partial charge in [0.05, 0.1) is 23.8 Å². The van der Waals surface area contributed by atoms with Crippen molar-refractivity contribution in [3.63, 3.8) is 0 Å². The fourth-order valence-electron chi connectivity index (χ4n) is 4.52. The number of hydrogen-bond donors (Lipinski definition) is 3. The van der Waals surface area contributed by atoms with Crippen LogP contribution in [0.3, 0.4) is 0 Å². The molecule has 3 N–H and O–H groups in total. The summed E-state index contributed by atoms with van der Waals surface area (Å²) in [7, 11) is 2.10. The number of pyridine rings is 1. The summed E-state index contributed by atoms with van der Waals surface area (Å²) in [6, 6.07) is 4.10. The number of likely N-dealkylation sites (tertiary alicyclic amines) is 1. The molecule has 10 heteroatoms. The second-order valence-electron chi connectivity index (χ2n) is 9.52. The number of fused-ring (bicyclic) bond motifs is 2. The number of hydrogen-bond acceptors (Lipinski definition) is 6. The predicted molar refractivity (Wildman–Crippen MR) is 128 cm³/mol. The molecule has 0 aromatic carbocycles. The van der Waals surface area contributed by atoms with Crippen LogP contribution in [-0.4, -0.2) is 73.8 Å². The van der Waals surface area contributed by atoms with Crippen molar-refractivity contribution in [2.24, 2.45) is 0 Å². The SMILES string of the molecule is CN1CCC(NC(=O)c2cnn3ccc(-c4c[nH]c5nc(NCC6(F)CC6)ncc45)cc23)CC1. The monoisotopic (exact) mass is 462 g/mol. The summed E-state index contributed by atoms with van der Waals surface area (Å²) >= 11 is 0. The van der Waals surface area contributed by atoms with Crippen LogP contribution >= 0.6 is 0 Å². The third kappa shape index (κ3) is 3.98. The molecule has 2 fully saturated rings. The highest BCUT2D eigenvalue weighted by atomic mass is 19.1. The van der Waals surface area contributed by atoms with Gasteiger partial charge in [-0.2, -0.15) is 10.1 Å². The molecule has 176 valence electrons. The normalized spacial score (nSPS) is 18.4. The highest BCUT2D eigenvalue weighted by Gasteiger charge is 2.43. The number of amides is 1. The Balaban J connectivity index is 1.25. The van der Waals surface area contributed by atoms with Gasteiger partial charge in [-0.1, -0.05) is 0 Å². The van der Waals surface area contributed by atoms with E-state index in [4.69, 9.17) is 0 Å². The van der Waals surface area contributed by atoms with E-state index >= 15 is 0 Å². The molecule has 1 amide bonds. The van der Waals surface area contributed by atoms with Gasteiger partial charge in [0.2, 0.25) is 5.95 Å². The van der Waals surface area contributed by atoms with E-state index < -0.39 is 5.67 Å². The zero-order valence-corrected chi connectivity index (χ0v) is 19.0. The van der Waals surface area contributed by atoms with Gasteiger partial charge in [0.1, 0.15) is 11.3 Å². The van der Waals surface area contributed by atoms with Crippen LogP contribution in [0.15, 0.2) is 36.9 Å². The molecule has 1 aliphatic heterocycles. The molecule has 2 aliphatic rings. The van der Waals surface area contributed by atoms with Gasteiger partial charge in [0.25, 0.3) is 5.91 Å². The van der Waals surface area contributed by atoms with Crippen LogP contribution in [0.25, 0.3) is 27.7 Å². The molecular weight excluding hydrogens is 435 g/mol. The van der Waals surface area contributed by atoms with E-state index in [0.29, 0.717) is 30.0 Å². The van der Waals surface area contributed by atoms with Crippen molar-refractivity contribution >= 4 is 28.4 Å². The first kappa shape index (κ1) is 21.0. The zero-order chi connectivity index (χ0) is 23.3. The van der Waals surface area contributed by atoms with Gasteiger partial charge in [-0.15, -0.1) is 0 Å². The number of H-pyrrole nitrogens is 1. The highest BCUT2D eigenvalue weighted by Crippen LogP contribution is 2.39. The first-order chi connectivity index (χ1) is 16.5. The minimum Gasteiger partial charge on any atom is -0.351 e. The number of aromatic nitrogens is 5. The third-order valence-electron chi connectivity index (χ3n) is 6.92. The van der Waals surface area contributed by atoms with Gasteiger partial charge in [-0.25, -0.2) is 13.9 Å². The Bertz CT molecular complexity index is 1370. The number of nitrogens with zero attached hydrogens (tertiary/aromatic N) is 5. The van der Waals surface area contributed by atoms with E-state index in [2.05, 4.69) is 42.6 Å². The molecule has 0 atom stereocenters. The number of carbonyl (C=O) groups excluding carboxylic acids is 1. The minimum atomic E-state index is -1.11. The number of carbonyl (C=O) groups is 1. The summed E-state index contributed by atoms with van der Waals surface area (Å²) < 4.78 is 15.6. The second kappa shape index (κ2) is 8.05. The topological polar surface area (TPSA) is 103 Å². The van der Waals surface area contributed by atoms with Crippen LogP contribution in [0, 0.1) is 0 Å². The van der Waals surface area contributed by atoms with Gasteiger partial charge in [0.15, 0.2) is 0 Å². The van der Waals surface area contributed by atoms with E-state index in [1.807, 2.05) is 24.5 Å². The molecule has 0 radical (unpaired) electrons. The lowest BCUT2D eigenvalue weighted by Crippen LogP contribution is -2.43. The maximum atomic E-state index is 13.9. The number of rotatable bonds is 6. The first-order valence-electron chi connectivity index (χ1n) is 11.7. The van der Waals surface area contributed by atoms with Crippen molar-refractivity contribution in [1.82, 2.24) is 34.8 Å². The summed E-state index contributed by atoms with van der Waals surface area (Å²) in [5.74, 6) is 0.310. The summed E-state index contributed by atoms with van der Waals surface area (Å²) in [5, 5.41) is 11.4. The Hall–Kier alpha value is -3.53. The minimum absolute atomic E-state index is 0.0963. The molecule has 1 aliphatic carbocycles. The van der Waals surface area contributed by atoms with Gasteiger partial charge in [-0.05, 0) is 63.5 Å². The number of alkyl halides is 1. The van der Waals surface area contributed by atoms with Gasteiger partial charge < -0.3 is 20.5 Å². The molecule has 4 aromatic heterocycles. The number of aromatic amines is 1. The Morgan fingerprint density at radius 2 is 2.12 bits per heavy atom. The lowest BCUT2D eigenvalue weighted by Gasteiger charge is -2.29. The highest BCUT2D eigenvalue weighted by molar-refractivity contribution is 6.02. The molecule has 0 spiro atoms. The lowest BCUT2D eigenvalue weighted by atomic mass is 10.0. The third-order valence-corrected chi connectivity index (χ3v) is 6.92. The molecular formula is C24H27FN8O. The largest absolute Gasteiger partial charge is 0.351 e. The van der Waals surface area contributed by atoms with E-state index in [1.54, 1.807) is 16.9 Å². The van der Waals surface area contributed by atoms with Crippen LogP contribution in [0.4, 0.5) is 10.3 Å². The lowest BCUT2D eigenvalue weighted by molar-refractivity contribution is 0.0918. The molecule has 0 unspecified atom stereocenters. The number of piperidine rings is 1. The number of anilines is 1. The van der Waals surface area contributed by atoms with Crippen molar-refractivity contribution in [3.8, 4) is 11.1 Å². The van der Waals surface area contributed by atoms with Crippen molar-refractivity contribution in [1.29, 1.82) is 0 Å². The molecule has 34 heavy (non-hydrogen) atoms. The van der Waals surface area contributed by atoms with Gasteiger partial charge in [0, 0.05) is 35.6 Å². The van der Waals surface area contributed by atoms with Gasteiger partial charge in [-0.3, -0.25) is 4.79 Å². The molecule has 9 nitrogen and oxygen atoms in total. The molecule has 5 heterocycles. The maximum Gasteiger partial charge on any atom is 0.255 e. The van der Waals surface area contributed by atoms with Crippen molar-refractivity contribution in [2.45, 2.75) is 37.4 Å². The molecule has 0 bridgehead atoms. The first-order valence-corrected chi connectivity index (χ1v) is 11.7. The fourth-order valence-corrected chi connectivity index (χ4v) is 4.52. The van der Waals surface area contributed by atoms with E-state index in [1.165, 1.54) is 0 Å². The molecule has 1 saturated carbocycles. The quantitative estimate of drug-likeness (QED) is 0.407. The predicted octanol–water partition coefficient (Wildman–Crippen LogP) is 3.01. The van der Waals surface area contributed by atoms with Crippen LogP contribution in [-0.2, 0) is 0 Å². The summed E-state index contributed by atoms with van der Waals surface area (Å²) in [4.78, 5) is 27.3. The average molecular weight is 463 g/mol. The summed E-state index contributed by atoms with van der Waals surface area (Å²) in [6.07, 6.45) is 10.2. The van der Waals surface area contributed by atoms with Crippen LogP contribution in [0.5, 0.6) is 0 Å². The number of nitrogens with one attached hydrogen (secondary N) is 3. The molecule has 6 rings (SSSR count). The van der Waals surface area contributed by atoms with Crippen molar-refractivity contribution in [2.75, 3.05) is 32.0 Å². The maximum absolute atomic E-state index is 13.9. The fraction of sp³-hybridized carbons (Fsp3) is 0.417. The van der Waals surface area contributed by atoms with Crippen molar-refractivity contribution in [3.05, 3.63) is 42.5 Å². The molecule has 1 saturated heterocycles. The van der Waals surface area contributed by atoms with Crippen LogP contribution in [0.2, 0.25) is 0 Å². The van der Waals surface area contributed by atoms with Crippen LogP contribution < -0.4 is 10.6 Å². The summed E-state index contributed by atoms with van der Waals surface area (Å²) in [5.41, 5.74) is 2.72. The summed E-state index contributed by atoms with van der Waals surface area (Å²) in [6.45, 7) is 2.20.